The minimum absolute atomic E-state index is 0.00734. The molecule has 3 N–H and O–H groups in total. The van der Waals surface area contributed by atoms with E-state index in [0.29, 0.717) is 11.8 Å². The normalized spacial score (nSPS) is 12.7. The number of nitrogens with one attached hydrogen (secondary N) is 1. The highest BCUT2D eigenvalue weighted by atomic mass is 35.5. The fourth-order valence-corrected chi connectivity index (χ4v) is 2.59. The van der Waals surface area contributed by atoms with Gasteiger partial charge < -0.3 is 16.0 Å². The second-order valence-corrected chi connectivity index (χ2v) is 6.99. The van der Waals surface area contributed by atoms with E-state index in [0.717, 1.165) is 12.1 Å². The quantitative estimate of drug-likeness (QED) is 0.725. The Morgan fingerprint density at radius 2 is 1.90 bits per heavy atom. The molecule has 0 spiro atoms. The molecule has 158 valence electrons. The zero-order valence-corrected chi connectivity index (χ0v) is 17.0. The number of amides is 1. The zero-order valence-electron chi connectivity index (χ0n) is 16.3. The summed E-state index contributed by atoms with van der Waals surface area (Å²) in [5, 5.41) is 2.00. The van der Waals surface area contributed by atoms with Crippen LogP contribution in [-0.2, 0) is 11.0 Å². The molecule has 0 aliphatic rings. The van der Waals surface area contributed by atoms with Gasteiger partial charge in [0.25, 0.3) is 0 Å². The highest BCUT2D eigenvalue weighted by molar-refractivity contribution is 6.31. The van der Waals surface area contributed by atoms with E-state index in [1.165, 1.54) is 6.07 Å². The van der Waals surface area contributed by atoms with Crippen LogP contribution in [0.4, 0.5) is 30.8 Å². The molecule has 2 aromatic rings. The van der Waals surface area contributed by atoms with Crippen molar-refractivity contribution in [1.29, 1.82) is 0 Å². The first-order chi connectivity index (χ1) is 13.4. The molecule has 29 heavy (non-hydrogen) atoms. The Hall–Kier alpha value is -2.66. The number of nitrogens with two attached hydrogens (primary N) is 1. The molecule has 0 radical (unpaired) electrons. The van der Waals surface area contributed by atoms with Gasteiger partial charge in [-0.1, -0.05) is 11.6 Å². The van der Waals surface area contributed by atoms with Crippen molar-refractivity contribution in [3.8, 4) is 0 Å². The molecule has 0 fully saturated rings. The summed E-state index contributed by atoms with van der Waals surface area (Å²) in [6, 6.07) is 2.78. The lowest BCUT2D eigenvalue weighted by Crippen LogP contribution is -2.33. The summed E-state index contributed by atoms with van der Waals surface area (Å²) in [6.07, 6.45) is -4.62. The fraction of sp³-hybridized carbons (Fsp3) is 0.412. The highest BCUT2D eigenvalue weighted by Gasteiger charge is 2.33. The Morgan fingerprint density at radius 3 is 2.48 bits per heavy atom. The number of carbonyl (C=O) groups excluding carboxylic acids is 1. The largest absolute Gasteiger partial charge is 0.417 e. The molecule has 1 heterocycles. The summed E-state index contributed by atoms with van der Waals surface area (Å²) in [6.45, 7) is 1.65. The van der Waals surface area contributed by atoms with Crippen molar-refractivity contribution >= 4 is 35.1 Å². The molecule has 0 aliphatic heterocycles. The Kier molecular flexibility index (Phi) is 6.85. The molecule has 12 heteroatoms. The molecule has 1 atom stereocenters. The number of halogens is 4. The highest BCUT2D eigenvalue weighted by Crippen LogP contribution is 2.36. The third-order valence-corrected chi connectivity index (χ3v) is 4.37. The molecule has 2 rings (SSSR count). The summed E-state index contributed by atoms with van der Waals surface area (Å²) in [7, 11) is 5.16. The maximum absolute atomic E-state index is 13.0. The molecule has 1 aromatic heterocycles. The number of carbonyl (C=O) groups is 1. The van der Waals surface area contributed by atoms with Gasteiger partial charge in [-0.05, 0) is 32.2 Å². The SMILES string of the molecule is C[C@H](c1nc(N)nc(N(C)C)n1)N(C)CC(=O)Nc1ccc(Cl)c(C(F)(F)F)c1. The predicted octanol–water partition coefficient (Wildman–Crippen LogP) is 2.82. The van der Waals surface area contributed by atoms with E-state index < -0.39 is 28.7 Å². The van der Waals surface area contributed by atoms with E-state index in [-0.39, 0.29) is 18.2 Å². The van der Waals surface area contributed by atoms with Crippen LogP contribution in [0.2, 0.25) is 5.02 Å². The summed E-state index contributed by atoms with van der Waals surface area (Å²) in [5.41, 5.74) is 4.69. The van der Waals surface area contributed by atoms with Crippen LogP contribution in [0.15, 0.2) is 18.2 Å². The maximum Gasteiger partial charge on any atom is 0.417 e. The van der Waals surface area contributed by atoms with E-state index in [1.54, 1.807) is 37.9 Å². The lowest BCUT2D eigenvalue weighted by Gasteiger charge is -2.24. The van der Waals surface area contributed by atoms with Gasteiger partial charge in [-0.25, -0.2) is 0 Å². The van der Waals surface area contributed by atoms with E-state index in [4.69, 9.17) is 17.3 Å². The van der Waals surface area contributed by atoms with Crippen molar-refractivity contribution in [2.45, 2.75) is 19.1 Å². The molecule has 0 saturated heterocycles. The smallest absolute Gasteiger partial charge is 0.368 e. The standard InChI is InChI=1S/C17H21ClF3N7O/c1-9(14-24-15(22)26-16(25-14)27(2)3)28(4)8-13(29)23-10-5-6-12(18)11(7-10)17(19,20)21/h5-7,9H,8H2,1-4H3,(H,23,29)(H2,22,24,25,26)/t9-/m1/s1. The molecular formula is C17H21ClF3N7O. The number of benzene rings is 1. The number of hydrogen-bond acceptors (Lipinski definition) is 7. The van der Waals surface area contributed by atoms with Gasteiger partial charge in [0.2, 0.25) is 17.8 Å². The summed E-state index contributed by atoms with van der Waals surface area (Å²) < 4.78 is 38.9. The van der Waals surface area contributed by atoms with Crippen molar-refractivity contribution in [2.24, 2.45) is 0 Å². The molecular weight excluding hydrogens is 411 g/mol. The Morgan fingerprint density at radius 1 is 1.24 bits per heavy atom. The number of alkyl halides is 3. The van der Waals surface area contributed by atoms with Crippen LogP contribution in [0.1, 0.15) is 24.4 Å². The van der Waals surface area contributed by atoms with Gasteiger partial charge in [-0.2, -0.15) is 28.1 Å². The number of rotatable bonds is 6. The van der Waals surface area contributed by atoms with Crippen LogP contribution in [0, 0.1) is 0 Å². The average molecular weight is 432 g/mol. The number of aromatic nitrogens is 3. The van der Waals surface area contributed by atoms with Crippen LogP contribution in [0.3, 0.4) is 0 Å². The third kappa shape index (κ3) is 5.91. The number of hydrogen-bond donors (Lipinski definition) is 2. The Balaban J connectivity index is 2.09. The van der Waals surface area contributed by atoms with Gasteiger partial charge in [0.05, 0.1) is 23.2 Å². The van der Waals surface area contributed by atoms with Gasteiger partial charge in [0.1, 0.15) is 0 Å². The van der Waals surface area contributed by atoms with Crippen molar-refractivity contribution in [3.05, 3.63) is 34.6 Å². The van der Waals surface area contributed by atoms with E-state index in [9.17, 15) is 18.0 Å². The molecule has 8 nitrogen and oxygen atoms in total. The van der Waals surface area contributed by atoms with Gasteiger partial charge in [0, 0.05) is 19.8 Å². The second kappa shape index (κ2) is 8.78. The average Bonchev–Trinajstić information content (AvgIpc) is 2.61. The van der Waals surface area contributed by atoms with Gasteiger partial charge in [-0.3, -0.25) is 9.69 Å². The number of likely N-dealkylation sites (N-methyl/N-ethyl adjacent to an activating group) is 1. The van der Waals surface area contributed by atoms with Crippen LogP contribution in [-0.4, -0.2) is 53.4 Å². The molecule has 0 unspecified atom stereocenters. The van der Waals surface area contributed by atoms with E-state index in [1.807, 2.05) is 0 Å². The van der Waals surface area contributed by atoms with Gasteiger partial charge >= 0.3 is 6.18 Å². The molecule has 0 aliphatic carbocycles. The van der Waals surface area contributed by atoms with Crippen molar-refractivity contribution in [1.82, 2.24) is 19.9 Å². The second-order valence-electron chi connectivity index (χ2n) is 6.58. The number of nitrogen functional groups attached to an aromatic ring is 1. The predicted molar refractivity (Wildman–Crippen MR) is 105 cm³/mol. The number of anilines is 3. The van der Waals surface area contributed by atoms with Gasteiger partial charge in [0.15, 0.2) is 5.82 Å². The monoisotopic (exact) mass is 431 g/mol. The van der Waals surface area contributed by atoms with Crippen LogP contribution in [0.25, 0.3) is 0 Å². The fourth-order valence-electron chi connectivity index (χ4n) is 2.37. The molecule has 1 aromatic carbocycles. The van der Waals surface area contributed by atoms with Gasteiger partial charge in [-0.15, -0.1) is 0 Å². The third-order valence-electron chi connectivity index (χ3n) is 4.04. The van der Waals surface area contributed by atoms with Crippen LogP contribution >= 0.6 is 11.6 Å². The first-order valence-corrected chi connectivity index (χ1v) is 8.82. The van der Waals surface area contributed by atoms with Crippen LogP contribution < -0.4 is 16.0 Å². The minimum atomic E-state index is -4.62. The molecule has 0 saturated carbocycles. The summed E-state index contributed by atoms with van der Waals surface area (Å²) in [4.78, 5) is 28.0. The van der Waals surface area contributed by atoms with Crippen molar-refractivity contribution in [3.63, 3.8) is 0 Å². The van der Waals surface area contributed by atoms with E-state index >= 15 is 0 Å². The lowest BCUT2D eigenvalue weighted by molar-refractivity contribution is -0.137. The number of nitrogens with zero attached hydrogens (tertiary/aromatic N) is 5. The zero-order chi connectivity index (χ0) is 21.9. The van der Waals surface area contributed by atoms with Crippen LogP contribution in [0.5, 0.6) is 0 Å². The first-order valence-electron chi connectivity index (χ1n) is 8.44. The lowest BCUT2D eigenvalue weighted by atomic mass is 10.2. The Bertz CT molecular complexity index is 892. The molecule has 1 amide bonds. The Labute approximate surface area is 170 Å². The molecule has 0 bridgehead atoms. The van der Waals surface area contributed by atoms with E-state index in [2.05, 4.69) is 20.3 Å². The minimum Gasteiger partial charge on any atom is -0.368 e. The first kappa shape index (κ1) is 22.6. The maximum atomic E-state index is 13.0. The van der Waals surface area contributed by atoms with Crippen molar-refractivity contribution < 1.29 is 18.0 Å². The summed E-state index contributed by atoms with van der Waals surface area (Å²) in [5.74, 6) is 0.273. The topological polar surface area (TPSA) is 100 Å². The summed E-state index contributed by atoms with van der Waals surface area (Å²) >= 11 is 5.59. The van der Waals surface area contributed by atoms with Crippen molar-refractivity contribution in [2.75, 3.05) is 43.6 Å².